The number of carbonyl (C=O) groups is 1. The summed E-state index contributed by atoms with van der Waals surface area (Å²) >= 11 is 3.20. The van der Waals surface area contributed by atoms with Gasteiger partial charge in [0.1, 0.15) is 11.5 Å². The Kier molecular flexibility index (Phi) is 5.86. The molecule has 0 aliphatic heterocycles. The molecule has 0 aliphatic carbocycles. The third-order valence-corrected chi connectivity index (χ3v) is 4.03. The number of halogens is 1. The molecule has 132 valence electrons. The lowest BCUT2D eigenvalue weighted by atomic mass is 10.1. The minimum Gasteiger partial charge on any atom is -0.481 e. The Bertz CT molecular complexity index is 889. The zero-order valence-corrected chi connectivity index (χ0v) is 15.6. The van der Waals surface area contributed by atoms with Crippen LogP contribution >= 0.6 is 15.9 Å². The highest BCUT2D eigenvalue weighted by atomic mass is 79.9. The zero-order valence-electron chi connectivity index (χ0n) is 14.1. The van der Waals surface area contributed by atoms with E-state index in [4.69, 9.17) is 9.15 Å². The van der Waals surface area contributed by atoms with Crippen LogP contribution in [0.5, 0.6) is 5.75 Å². The van der Waals surface area contributed by atoms with Crippen LogP contribution < -0.4 is 10.2 Å². The number of furan rings is 1. The first-order valence-corrected chi connectivity index (χ1v) is 8.81. The van der Waals surface area contributed by atoms with Gasteiger partial charge in [0, 0.05) is 0 Å². The minimum atomic E-state index is -0.682. The van der Waals surface area contributed by atoms with Crippen LogP contribution in [-0.2, 0) is 4.79 Å². The lowest BCUT2D eigenvalue weighted by Gasteiger charge is -2.13. The molecule has 1 heterocycles. The largest absolute Gasteiger partial charge is 0.481 e. The number of amides is 1. The summed E-state index contributed by atoms with van der Waals surface area (Å²) in [5, 5.41) is 3.85. The van der Waals surface area contributed by atoms with Crippen molar-refractivity contribution in [3.05, 3.63) is 77.2 Å². The van der Waals surface area contributed by atoms with E-state index in [-0.39, 0.29) is 5.91 Å². The molecule has 0 unspecified atom stereocenters. The SMILES string of the molecule is C[C@@H](Oc1ccc(-c2ccccc2)cc1)C(=O)N/N=C/c1ccc(Br)o1. The number of carbonyl (C=O) groups excluding carboxylic acids is 1. The topological polar surface area (TPSA) is 63.8 Å². The highest BCUT2D eigenvalue weighted by Gasteiger charge is 2.14. The maximum absolute atomic E-state index is 12.0. The Morgan fingerprint density at radius 3 is 2.42 bits per heavy atom. The molecule has 0 spiro atoms. The summed E-state index contributed by atoms with van der Waals surface area (Å²) in [6.07, 6.45) is 0.738. The van der Waals surface area contributed by atoms with Gasteiger partial charge in [-0.05, 0) is 58.2 Å². The van der Waals surface area contributed by atoms with E-state index in [9.17, 15) is 4.79 Å². The molecule has 0 saturated heterocycles. The van der Waals surface area contributed by atoms with E-state index in [1.165, 1.54) is 6.21 Å². The van der Waals surface area contributed by atoms with Crippen LogP contribution in [0.2, 0.25) is 0 Å². The summed E-state index contributed by atoms with van der Waals surface area (Å²) in [6.45, 7) is 1.67. The first kappa shape index (κ1) is 17.9. The van der Waals surface area contributed by atoms with Crippen LogP contribution in [0.15, 0.2) is 80.9 Å². The molecule has 3 aromatic rings. The Labute approximate surface area is 159 Å². The second-order valence-electron chi connectivity index (χ2n) is 5.53. The van der Waals surface area contributed by atoms with Crippen LogP contribution in [0.4, 0.5) is 0 Å². The molecule has 1 N–H and O–H groups in total. The number of rotatable bonds is 6. The molecule has 0 aliphatic rings. The number of ether oxygens (including phenoxy) is 1. The van der Waals surface area contributed by atoms with Crippen molar-refractivity contribution >= 4 is 28.1 Å². The third-order valence-electron chi connectivity index (χ3n) is 3.60. The Balaban J connectivity index is 1.54. The molecule has 0 saturated carbocycles. The predicted octanol–water partition coefficient (Wildman–Crippen LogP) is 4.63. The van der Waals surface area contributed by atoms with Gasteiger partial charge in [-0.15, -0.1) is 0 Å². The molecule has 26 heavy (non-hydrogen) atoms. The molecule has 6 heteroatoms. The standard InChI is InChI=1S/C20H17BrN2O3/c1-14(20(24)23-22-13-18-11-12-19(21)26-18)25-17-9-7-16(8-10-17)15-5-3-2-4-6-15/h2-14H,1H3,(H,23,24)/b22-13+/t14-/m1/s1. The average Bonchev–Trinajstić information content (AvgIpc) is 3.08. The van der Waals surface area contributed by atoms with E-state index in [1.54, 1.807) is 19.1 Å². The van der Waals surface area contributed by atoms with Crippen LogP contribution in [0.1, 0.15) is 12.7 Å². The number of hydrogen-bond donors (Lipinski definition) is 1. The van der Waals surface area contributed by atoms with Crippen LogP contribution in [0, 0.1) is 0 Å². The quantitative estimate of drug-likeness (QED) is 0.474. The van der Waals surface area contributed by atoms with Gasteiger partial charge in [0.25, 0.3) is 5.91 Å². The molecular weight excluding hydrogens is 396 g/mol. The van der Waals surface area contributed by atoms with Gasteiger partial charge in [0.05, 0.1) is 6.21 Å². The number of hydrogen-bond acceptors (Lipinski definition) is 4. The average molecular weight is 413 g/mol. The van der Waals surface area contributed by atoms with Gasteiger partial charge in [-0.1, -0.05) is 42.5 Å². The van der Waals surface area contributed by atoms with Gasteiger partial charge in [-0.2, -0.15) is 5.10 Å². The second-order valence-corrected chi connectivity index (χ2v) is 6.31. The van der Waals surface area contributed by atoms with Crippen molar-refractivity contribution in [1.29, 1.82) is 0 Å². The first-order valence-electron chi connectivity index (χ1n) is 8.02. The van der Waals surface area contributed by atoms with Gasteiger partial charge in [0.2, 0.25) is 0 Å². The third kappa shape index (κ3) is 4.83. The number of nitrogens with one attached hydrogen (secondary N) is 1. The maximum Gasteiger partial charge on any atom is 0.280 e. The molecule has 5 nitrogen and oxygen atoms in total. The highest BCUT2D eigenvalue weighted by molar-refractivity contribution is 9.10. The van der Waals surface area contributed by atoms with E-state index in [1.807, 2.05) is 54.6 Å². The summed E-state index contributed by atoms with van der Waals surface area (Å²) in [6, 6.07) is 21.1. The van der Waals surface area contributed by atoms with Crippen LogP contribution in [0.3, 0.4) is 0 Å². The fourth-order valence-electron chi connectivity index (χ4n) is 2.26. The van der Waals surface area contributed by atoms with Gasteiger partial charge in [-0.3, -0.25) is 4.79 Å². The first-order chi connectivity index (χ1) is 12.6. The second kappa shape index (κ2) is 8.49. The summed E-state index contributed by atoms with van der Waals surface area (Å²) in [5.41, 5.74) is 4.64. The predicted molar refractivity (Wildman–Crippen MR) is 104 cm³/mol. The molecule has 1 amide bonds. The fourth-order valence-corrected chi connectivity index (χ4v) is 2.58. The smallest absolute Gasteiger partial charge is 0.280 e. The fraction of sp³-hybridized carbons (Fsp3) is 0.100. The zero-order chi connectivity index (χ0) is 18.4. The highest BCUT2D eigenvalue weighted by Crippen LogP contribution is 2.22. The van der Waals surface area contributed by atoms with Crippen molar-refractivity contribution in [1.82, 2.24) is 5.43 Å². The molecule has 1 atom stereocenters. The number of benzene rings is 2. The van der Waals surface area contributed by atoms with Gasteiger partial charge >= 0.3 is 0 Å². The van der Waals surface area contributed by atoms with Crippen molar-refractivity contribution in [3.8, 4) is 16.9 Å². The van der Waals surface area contributed by atoms with Crippen molar-refractivity contribution in [2.45, 2.75) is 13.0 Å². The maximum atomic E-state index is 12.0. The van der Waals surface area contributed by atoms with Crippen molar-refractivity contribution < 1.29 is 13.9 Å². The Morgan fingerprint density at radius 1 is 1.08 bits per heavy atom. The molecule has 1 aromatic heterocycles. The van der Waals surface area contributed by atoms with Gasteiger partial charge in [-0.25, -0.2) is 5.43 Å². The summed E-state index contributed by atoms with van der Waals surface area (Å²) in [7, 11) is 0. The Morgan fingerprint density at radius 2 is 1.77 bits per heavy atom. The number of nitrogens with zero attached hydrogens (tertiary/aromatic N) is 1. The number of hydrazone groups is 1. The van der Waals surface area contributed by atoms with Crippen LogP contribution in [-0.4, -0.2) is 18.2 Å². The normalized spacial score (nSPS) is 12.1. The molecule has 2 aromatic carbocycles. The van der Waals surface area contributed by atoms with Crippen molar-refractivity contribution in [2.75, 3.05) is 0 Å². The summed E-state index contributed by atoms with van der Waals surface area (Å²) < 4.78 is 11.5. The Hall–Kier alpha value is -2.86. The van der Waals surface area contributed by atoms with Gasteiger partial charge in [0.15, 0.2) is 10.8 Å². The molecule has 0 radical (unpaired) electrons. The van der Waals surface area contributed by atoms with E-state index < -0.39 is 6.10 Å². The van der Waals surface area contributed by atoms with E-state index in [0.29, 0.717) is 16.2 Å². The summed E-state index contributed by atoms with van der Waals surface area (Å²) in [5.74, 6) is 0.799. The lowest BCUT2D eigenvalue weighted by Crippen LogP contribution is -2.33. The minimum absolute atomic E-state index is 0.348. The molecule has 3 rings (SSSR count). The monoisotopic (exact) mass is 412 g/mol. The molecular formula is C20H17BrN2O3. The van der Waals surface area contributed by atoms with Crippen molar-refractivity contribution in [2.24, 2.45) is 5.10 Å². The van der Waals surface area contributed by atoms with E-state index in [2.05, 4.69) is 26.5 Å². The van der Waals surface area contributed by atoms with Gasteiger partial charge < -0.3 is 9.15 Å². The summed E-state index contributed by atoms with van der Waals surface area (Å²) in [4.78, 5) is 12.0. The van der Waals surface area contributed by atoms with Crippen LogP contribution in [0.25, 0.3) is 11.1 Å². The van der Waals surface area contributed by atoms with E-state index >= 15 is 0 Å². The van der Waals surface area contributed by atoms with Crippen molar-refractivity contribution in [3.63, 3.8) is 0 Å². The molecule has 0 bridgehead atoms. The lowest BCUT2D eigenvalue weighted by molar-refractivity contribution is -0.127. The van der Waals surface area contributed by atoms with E-state index in [0.717, 1.165) is 11.1 Å². The molecule has 0 fully saturated rings.